The summed E-state index contributed by atoms with van der Waals surface area (Å²) in [6.07, 6.45) is 0. The van der Waals surface area contributed by atoms with Crippen molar-refractivity contribution < 1.29 is 9.53 Å². The molecule has 1 aromatic heterocycles. The van der Waals surface area contributed by atoms with Crippen molar-refractivity contribution in [3.05, 3.63) is 52.8 Å². The highest BCUT2D eigenvalue weighted by Gasteiger charge is 2.19. The first kappa shape index (κ1) is 15.6. The molecule has 0 saturated carbocycles. The van der Waals surface area contributed by atoms with Gasteiger partial charge in [-0.3, -0.25) is 4.79 Å². The molecule has 0 spiro atoms. The molecule has 0 N–H and O–H groups in total. The fraction of sp³-hybridized carbons (Fsp3) is 0.353. The molecule has 1 heterocycles. The normalized spacial score (nSPS) is 12.2. The molecule has 1 aromatic carbocycles. The van der Waals surface area contributed by atoms with Crippen LogP contribution in [-0.4, -0.2) is 22.8 Å². The molecule has 0 aliphatic carbocycles. The number of ether oxygens (including phenoxy) is 1. The number of ketones is 1. The van der Waals surface area contributed by atoms with Gasteiger partial charge in [0, 0.05) is 22.5 Å². The van der Waals surface area contributed by atoms with Crippen molar-refractivity contribution in [3.63, 3.8) is 0 Å². The number of aryl methyl sites for hydroxylation is 1. The minimum absolute atomic E-state index is 0.0314. The van der Waals surface area contributed by atoms with E-state index in [1.54, 1.807) is 14.0 Å². The summed E-state index contributed by atoms with van der Waals surface area (Å²) in [5.74, 6) is 0.819. The Morgan fingerprint density at radius 2 is 2.00 bits per heavy atom. The average Bonchev–Trinajstić information content (AvgIpc) is 2.75. The summed E-state index contributed by atoms with van der Waals surface area (Å²) in [6.45, 7) is 6.33. The van der Waals surface area contributed by atoms with Crippen molar-refractivity contribution in [3.8, 4) is 5.75 Å². The van der Waals surface area contributed by atoms with Crippen LogP contribution in [0.4, 0.5) is 0 Å². The van der Waals surface area contributed by atoms with E-state index in [0.29, 0.717) is 12.1 Å². The molecular weight excluding hydrogens is 286 g/mol. The molecule has 0 radical (unpaired) electrons. The first-order chi connectivity index (χ1) is 9.95. The highest BCUT2D eigenvalue weighted by Crippen LogP contribution is 2.23. The van der Waals surface area contributed by atoms with Gasteiger partial charge < -0.3 is 9.30 Å². The van der Waals surface area contributed by atoms with Gasteiger partial charge in [-0.25, -0.2) is 0 Å². The molecule has 4 heteroatoms. The Morgan fingerprint density at radius 1 is 1.33 bits per heavy atom. The summed E-state index contributed by atoms with van der Waals surface area (Å²) in [5.41, 5.74) is 3.76. The predicted octanol–water partition coefficient (Wildman–Crippen LogP) is 3.97. The standard InChI is InChI=1S/C17H20ClNO2/c1-11-9-15(17(20)12(2)18)13(3)19(11)10-14-7-5-6-8-16(14)21-4/h5-9,12H,10H2,1-4H3. The fourth-order valence-corrected chi connectivity index (χ4v) is 2.63. The quantitative estimate of drug-likeness (QED) is 0.618. The third-order valence-electron chi connectivity index (χ3n) is 3.72. The van der Waals surface area contributed by atoms with Gasteiger partial charge >= 0.3 is 0 Å². The van der Waals surface area contributed by atoms with Gasteiger partial charge in [0.25, 0.3) is 0 Å². The monoisotopic (exact) mass is 305 g/mol. The number of hydrogen-bond donors (Lipinski definition) is 0. The molecule has 0 amide bonds. The average molecular weight is 306 g/mol. The van der Waals surface area contributed by atoms with Crippen LogP contribution in [0.2, 0.25) is 0 Å². The number of rotatable bonds is 5. The second kappa shape index (κ2) is 6.35. The maximum atomic E-state index is 12.1. The van der Waals surface area contributed by atoms with Crippen LogP contribution in [0, 0.1) is 13.8 Å². The molecular formula is C17H20ClNO2. The van der Waals surface area contributed by atoms with Crippen molar-refractivity contribution in [2.75, 3.05) is 7.11 Å². The zero-order valence-corrected chi connectivity index (χ0v) is 13.6. The van der Waals surface area contributed by atoms with Gasteiger partial charge in [0.15, 0.2) is 5.78 Å². The topological polar surface area (TPSA) is 31.2 Å². The van der Waals surface area contributed by atoms with Crippen molar-refractivity contribution in [1.82, 2.24) is 4.57 Å². The van der Waals surface area contributed by atoms with E-state index in [1.165, 1.54) is 0 Å². The molecule has 0 saturated heterocycles. The number of nitrogens with zero attached hydrogens (tertiary/aromatic N) is 1. The summed E-state index contributed by atoms with van der Waals surface area (Å²) in [5, 5.41) is -0.509. The minimum atomic E-state index is -0.509. The molecule has 2 aromatic rings. The second-order valence-corrected chi connectivity index (χ2v) is 5.82. The molecule has 0 bridgehead atoms. The Kier molecular flexibility index (Phi) is 4.73. The number of Topliss-reactive ketones (excluding diaryl/α,β-unsaturated/α-hetero) is 1. The number of methoxy groups -OCH3 is 1. The summed E-state index contributed by atoms with van der Waals surface area (Å²) in [6, 6.07) is 9.81. The van der Waals surface area contributed by atoms with Crippen LogP contribution >= 0.6 is 11.6 Å². The molecule has 1 unspecified atom stereocenters. The second-order valence-electron chi connectivity index (χ2n) is 5.16. The van der Waals surface area contributed by atoms with Crippen molar-refractivity contribution >= 4 is 17.4 Å². The van der Waals surface area contributed by atoms with Crippen LogP contribution in [0.25, 0.3) is 0 Å². The molecule has 21 heavy (non-hydrogen) atoms. The van der Waals surface area contributed by atoms with Crippen molar-refractivity contribution in [2.45, 2.75) is 32.7 Å². The van der Waals surface area contributed by atoms with E-state index in [1.807, 2.05) is 44.2 Å². The van der Waals surface area contributed by atoms with Crippen LogP contribution < -0.4 is 4.74 Å². The third kappa shape index (κ3) is 3.13. The number of halogens is 1. The first-order valence-electron chi connectivity index (χ1n) is 6.92. The van der Waals surface area contributed by atoms with Crippen LogP contribution in [0.5, 0.6) is 5.75 Å². The van der Waals surface area contributed by atoms with E-state index >= 15 is 0 Å². The van der Waals surface area contributed by atoms with Gasteiger partial charge in [0.1, 0.15) is 5.75 Å². The van der Waals surface area contributed by atoms with Gasteiger partial charge in [0.2, 0.25) is 0 Å². The fourth-order valence-electron chi connectivity index (χ4n) is 2.51. The zero-order chi connectivity index (χ0) is 15.6. The number of alkyl halides is 1. The summed E-state index contributed by atoms with van der Waals surface area (Å²) in [7, 11) is 1.67. The molecule has 3 nitrogen and oxygen atoms in total. The molecule has 112 valence electrons. The van der Waals surface area contributed by atoms with Crippen LogP contribution in [-0.2, 0) is 6.54 Å². The first-order valence-corrected chi connectivity index (χ1v) is 7.36. The maximum absolute atomic E-state index is 12.1. The van der Waals surface area contributed by atoms with E-state index in [4.69, 9.17) is 16.3 Å². The van der Waals surface area contributed by atoms with Crippen molar-refractivity contribution in [2.24, 2.45) is 0 Å². The lowest BCUT2D eigenvalue weighted by molar-refractivity contribution is 0.0991. The Balaban J connectivity index is 2.39. The van der Waals surface area contributed by atoms with E-state index in [-0.39, 0.29) is 5.78 Å². The minimum Gasteiger partial charge on any atom is -0.496 e. The van der Waals surface area contributed by atoms with Crippen LogP contribution in [0.3, 0.4) is 0 Å². The number of para-hydroxylation sites is 1. The van der Waals surface area contributed by atoms with Gasteiger partial charge in [-0.2, -0.15) is 0 Å². The smallest absolute Gasteiger partial charge is 0.182 e. The summed E-state index contributed by atoms with van der Waals surface area (Å²) in [4.78, 5) is 12.1. The highest BCUT2D eigenvalue weighted by molar-refractivity contribution is 6.33. The molecule has 0 fully saturated rings. The van der Waals surface area contributed by atoms with Gasteiger partial charge in [0.05, 0.1) is 19.0 Å². The number of aromatic nitrogens is 1. The lowest BCUT2D eigenvalue weighted by Crippen LogP contribution is -2.12. The van der Waals surface area contributed by atoms with E-state index in [9.17, 15) is 4.79 Å². The van der Waals surface area contributed by atoms with E-state index in [2.05, 4.69) is 4.57 Å². The molecule has 0 aliphatic rings. The number of benzene rings is 1. The predicted molar refractivity (Wildman–Crippen MR) is 85.6 cm³/mol. The Bertz CT molecular complexity index is 659. The lowest BCUT2D eigenvalue weighted by Gasteiger charge is -2.13. The van der Waals surface area contributed by atoms with Crippen LogP contribution in [0.15, 0.2) is 30.3 Å². The third-order valence-corrected chi connectivity index (χ3v) is 3.92. The van der Waals surface area contributed by atoms with Gasteiger partial charge in [-0.1, -0.05) is 18.2 Å². The Labute approximate surface area is 130 Å². The highest BCUT2D eigenvalue weighted by atomic mass is 35.5. The Morgan fingerprint density at radius 3 is 2.62 bits per heavy atom. The lowest BCUT2D eigenvalue weighted by atomic mass is 10.1. The molecule has 2 rings (SSSR count). The summed E-state index contributed by atoms with van der Waals surface area (Å²) >= 11 is 5.93. The zero-order valence-electron chi connectivity index (χ0n) is 12.8. The number of carbonyl (C=O) groups excluding carboxylic acids is 1. The SMILES string of the molecule is COc1ccccc1Cn1c(C)cc(C(=O)C(C)Cl)c1C. The Hall–Kier alpha value is -1.74. The largest absolute Gasteiger partial charge is 0.496 e. The summed E-state index contributed by atoms with van der Waals surface area (Å²) < 4.78 is 7.50. The van der Waals surface area contributed by atoms with Crippen molar-refractivity contribution in [1.29, 1.82) is 0 Å². The van der Waals surface area contributed by atoms with Gasteiger partial charge in [-0.05, 0) is 32.9 Å². The molecule has 1 atom stereocenters. The van der Waals surface area contributed by atoms with E-state index in [0.717, 1.165) is 22.7 Å². The molecule has 0 aliphatic heterocycles. The van der Waals surface area contributed by atoms with Crippen LogP contribution in [0.1, 0.15) is 34.2 Å². The number of carbonyl (C=O) groups is 1. The number of hydrogen-bond acceptors (Lipinski definition) is 2. The maximum Gasteiger partial charge on any atom is 0.182 e. The van der Waals surface area contributed by atoms with E-state index < -0.39 is 5.38 Å². The van der Waals surface area contributed by atoms with Gasteiger partial charge in [-0.15, -0.1) is 11.6 Å².